The number of halogens is 3. The zero-order valence-electron chi connectivity index (χ0n) is 11.0. The Bertz CT molecular complexity index is 466. The van der Waals surface area contributed by atoms with Gasteiger partial charge in [-0.05, 0) is 37.6 Å². The minimum atomic E-state index is -4.43. The van der Waals surface area contributed by atoms with Gasteiger partial charge in [-0.2, -0.15) is 13.2 Å². The topological polar surface area (TPSA) is 41.1 Å². The van der Waals surface area contributed by atoms with Crippen LogP contribution in [0.1, 0.15) is 35.2 Å². The Morgan fingerprint density at radius 2 is 2.10 bits per heavy atom. The van der Waals surface area contributed by atoms with E-state index >= 15 is 0 Å². The third kappa shape index (κ3) is 3.96. The SMILES string of the molecule is O=C(NC1CCCCNC1)c1cccc(C(F)(F)F)c1. The summed E-state index contributed by atoms with van der Waals surface area (Å²) >= 11 is 0. The molecule has 0 spiro atoms. The number of rotatable bonds is 2. The van der Waals surface area contributed by atoms with E-state index in [-0.39, 0.29) is 11.6 Å². The number of amides is 1. The Balaban J connectivity index is 2.05. The number of nitrogens with one attached hydrogen (secondary N) is 2. The van der Waals surface area contributed by atoms with Crippen LogP contribution in [0.4, 0.5) is 13.2 Å². The van der Waals surface area contributed by atoms with Crippen molar-refractivity contribution < 1.29 is 18.0 Å². The molecule has 2 rings (SSSR count). The molecule has 3 nitrogen and oxygen atoms in total. The summed E-state index contributed by atoms with van der Waals surface area (Å²) in [6, 6.07) is 4.47. The number of alkyl halides is 3. The summed E-state index contributed by atoms with van der Waals surface area (Å²) in [5.74, 6) is -0.454. The van der Waals surface area contributed by atoms with Crippen LogP contribution in [0.5, 0.6) is 0 Å². The van der Waals surface area contributed by atoms with Gasteiger partial charge in [-0.25, -0.2) is 0 Å². The molecule has 110 valence electrons. The maximum Gasteiger partial charge on any atom is 0.416 e. The van der Waals surface area contributed by atoms with Crippen LogP contribution in [0.25, 0.3) is 0 Å². The number of carbonyl (C=O) groups excluding carboxylic acids is 1. The smallest absolute Gasteiger partial charge is 0.348 e. The van der Waals surface area contributed by atoms with Crippen LogP contribution >= 0.6 is 0 Å². The molecule has 20 heavy (non-hydrogen) atoms. The van der Waals surface area contributed by atoms with Gasteiger partial charge in [0.25, 0.3) is 5.91 Å². The average molecular weight is 286 g/mol. The molecule has 0 radical (unpaired) electrons. The van der Waals surface area contributed by atoms with Crippen molar-refractivity contribution in [3.05, 3.63) is 35.4 Å². The summed E-state index contributed by atoms with van der Waals surface area (Å²) < 4.78 is 37.8. The lowest BCUT2D eigenvalue weighted by atomic mass is 10.1. The average Bonchev–Trinajstić information content (AvgIpc) is 2.66. The van der Waals surface area contributed by atoms with Crippen LogP contribution in [-0.4, -0.2) is 25.0 Å². The Kier molecular flexibility index (Phi) is 4.65. The normalized spacial score (nSPS) is 20.2. The Morgan fingerprint density at radius 3 is 2.85 bits per heavy atom. The Labute approximate surface area is 115 Å². The van der Waals surface area contributed by atoms with Crippen molar-refractivity contribution >= 4 is 5.91 Å². The van der Waals surface area contributed by atoms with Gasteiger partial charge >= 0.3 is 6.18 Å². The minimum Gasteiger partial charge on any atom is -0.348 e. The van der Waals surface area contributed by atoms with E-state index in [0.717, 1.165) is 37.9 Å². The molecule has 0 aromatic heterocycles. The van der Waals surface area contributed by atoms with Crippen LogP contribution in [0.15, 0.2) is 24.3 Å². The molecule has 6 heteroatoms. The predicted molar refractivity (Wildman–Crippen MR) is 69.4 cm³/mol. The number of carbonyl (C=O) groups is 1. The van der Waals surface area contributed by atoms with E-state index in [4.69, 9.17) is 0 Å². The largest absolute Gasteiger partial charge is 0.416 e. The highest BCUT2D eigenvalue weighted by atomic mass is 19.4. The highest BCUT2D eigenvalue weighted by Gasteiger charge is 2.31. The Hall–Kier alpha value is -1.56. The van der Waals surface area contributed by atoms with Gasteiger partial charge in [0.2, 0.25) is 0 Å². The van der Waals surface area contributed by atoms with Gasteiger partial charge in [0.1, 0.15) is 0 Å². The van der Waals surface area contributed by atoms with E-state index in [0.29, 0.717) is 6.54 Å². The van der Waals surface area contributed by atoms with E-state index in [9.17, 15) is 18.0 Å². The fourth-order valence-corrected chi connectivity index (χ4v) is 2.25. The van der Waals surface area contributed by atoms with E-state index in [2.05, 4.69) is 10.6 Å². The van der Waals surface area contributed by atoms with Crippen LogP contribution < -0.4 is 10.6 Å². The van der Waals surface area contributed by atoms with Crippen LogP contribution in [0.3, 0.4) is 0 Å². The summed E-state index contributed by atoms with van der Waals surface area (Å²) in [5, 5.41) is 5.98. The van der Waals surface area contributed by atoms with Crippen molar-refractivity contribution in [3.63, 3.8) is 0 Å². The molecule has 0 aliphatic carbocycles. The van der Waals surface area contributed by atoms with Crippen LogP contribution in [-0.2, 0) is 6.18 Å². The number of benzene rings is 1. The van der Waals surface area contributed by atoms with Crippen molar-refractivity contribution in [1.29, 1.82) is 0 Å². The molecule has 0 saturated carbocycles. The zero-order valence-corrected chi connectivity index (χ0v) is 11.0. The van der Waals surface area contributed by atoms with Gasteiger partial charge in [-0.3, -0.25) is 4.79 Å². The molecule has 2 N–H and O–H groups in total. The van der Waals surface area contributed by atoms with Crippen molar-refractivity contribution in [3.8, 4) is 0 Å². The van der Waals surface area contributed by atoms with Gasteiger partial charge in [0.05, 0.1) is 5.56 Å². The fraction of sp³-hybridized carbons (Fsp3) is 0.500. The lowest BCUT2D eigenvalue weighted by Crippen LogP contribution is -2.40. The molecule has 1 aliphatic rings. The highest BCUT2D eigenvalue weighted by Crippen LogP contribution is 2.29. The quantitative estimate of drug-likeness (QED) is 0.877. The fourth-order valence-electron chi connectivity index (χ4n) is 2.25. The van der Waals surface area contributed by atoms with E-state index in [1.807, 2.05) is 0 Å². The lowest BCUT2D eigenvalue weighted by Gasteiger charge is -2.17. The van der Waals surface area contributed by atoms with E-state index in [1.165, 1.54) is 12.1 Å². The van der Waals surface area contributed by atoms with Gasteiger partial charge in [0, 0.05) is 18.2 Å². The first kappa shape index (κ1) is 14.8. The first-order chi connectivity index (χ1) is 9.47. The first-order valence-electron chi connectivity index (χ1n) is 6.65. The molecule has 1 aromatic carbocycles. The van der Waals surface area contributed by atoms with Crippen LogP contribution in [0.2, 0.25) is 0 Å². The second-order valence-electron chi connectivity index (χ2n) is 4.95. The van der Waals surface area contributed by atoms with E-state index in [1.54, 1.807) is 0 Å². The highest BCUT2D eigenvalue weighted by molar-refractivity contribution is 5.94. The maximum absolute atomic E-state index is 12.6. The molecular weight excluding hydrogens is 269 g/mol. The maximum atomic E-state index is 12.6. The van der Waals surface area contributed by atoms with Gasteiger partial charge in [-0.1, -0.05) is 12.5 Å². The van der Waals surface area contributed by atoms with E-state index < -0.39 is 17.6 Å². The standard InChI is InChI=1S/C14H17F3N2O/c15-14(16,17)11-5-3-4-10(8-11)13(20)19-12-6-1-2-7-18-9-12/h3-5,8,12,18H,1-2,6-7,9H2,(H,19,20). The molecule has 1 aromatic rings. The molecule has 1 heterocycles. The molecule has 1 amide bonds. The predicted octanol–water partition coefficient (Wildman–Crippen LogP) is 2.58. The monoisotopic (exact) mass is 286 g/mol. The van der Waals surface area contributed by atoms with Crippen molar-refractivity contribution in [2.45, 2.75) is 31.5 Å². The summed E-state index contributed by atoms with van der Waals surface area (Å²) in [6.45, 7) is 1.57. The number of hydrogen-bond donors (Lipinski definition) is 2. The third-order valence-corrected chi connectivity index (χ3v) is 3.33. The molecule has 1 fully saturated rings. The molecule has 1 unspecified atom stereocenters. The Morgan fingerprint density at radius 1 is 1.30 bits per heavy atom. The second kappa shape index (κ2) is 6.26. The van der Waals surface area contributed by atoms with Crippen molar-refractivity contribution in [2.24, 2.45) is 0 Å². The van der Waals surface area contributed by atoms with Gasteiger partial charge < -0.3 is 10.6 Å². The summed E-state index contributed by atoms with van der Waals surface area (Å²) in [6.07, 6.45) is -1.53. The summed E-state index contributed by atoms with van der Waals surface area (Å²) in [4.78, 5) is 12.0. The molecule has 1 saturated heterocycles. The van der Waals surface area contributed by atoms with Gasteiger partial charge in [-0.15, -0.1) is 0 Å². The molecule has 0 bridgehead atoms. The van der Waals surface area contributed by atoms with Crippen molar-refractivity contribution in [2.75, 3.05) is 13.1 Å². The first-order valence-corrected chi connectivity index (χ1v) is 6.65. The summed E-state index contributed by atoms with van der Waals surface area (Å²) in [5.41, 5.74) is -0.756. The summed E-state index contributed by atoms with van der Waals surface area (Å²) in [7, 11) is 0. The molecule has 1 aliphatic heterocycles. The molecule has 1 atom stereocenters. The molecular formula is C14H17F3N2O. The second-order valence-corrected chi connectivity index (χ2v) is 4.95. The minimum absolute atomic E-state index is 0.0282. The third-order valence-electron chi connectivity index (χ3n) is 3.33. The zero-order chi connectivity index (χ0) is 14.6. The van der Waals surface area contributed by atoms with Crippen LogP contribution in [0, 0.1) is 0 Å². The lowest BCUT2D eigenvalue weighted by molar-refractivity contribution is -0.137. The van der Waals surface area contributed by atoms with Crippen molar-refractivity contribution in [1.82, 2.24) is 10.6 Å². The van der Waals surface area contributed by atoms with Gasteiger partial charge in [0.15, 0.2) is 0 Å². The number of hydrogen-bond acceptors (Lipinski definition) is 2.